The van der Waals surface area contributed by atoms with Gasteiger partial charge in [0.25, 0.3) is 5.56 Å². The Hall–Kier alpha value is -2.50. The zero-order valence-electron chi connectivity index (χ0n) is 14.8. The van der Waals surface area contributed by atoms with Crippen LogP contribution in [0.5, 0.6) is 0 Å². The molecule has 8 nitrogen and oxygen atoms in total. The number of piperazine rings is 1. The lowest BCUT2D eigenvalue weighted by Crippen LogP contribution is -2.44. The first-order chi connectivity index (χ1) is 13.5. The number of benzene rings is 1. The number of anilines is 2. The predicted molar refractivity (Wildman–Crippen MR) is 105 cm³/mol. The Morgan fingerprint density at radius 2 is 1.82 bits per heavy atom. The van der Waals surface area contributed by atoms with Crippen LogP contribution in [0.25, 0.3) is 21.1 Å². The van der Waals surface area contributed by atoms with Crippen molar-refractivity contribution in [1.29, 1.82) is 0 Å². The summed E-state index contributed by atoms with van der Waals surface area (Å²) in [6.45, 7) is 2.04. The van der Waals surface area contributed by atoms with Gasteiger partial charge in [0.15, 0.2) is 11.6 Å². The van der Waals surface area contributed by atoms with Crippen molar-refractivity contribution in [3.05, 3.63) is 32.2 Å². The van der Waals surface area contributed by atoms with E-state index in [0.717, 1.165) is 24.4 Å². The summed E-state index contributed by atoms with van der Waals surface area (Å²) in [6.07, 6.45) is 1.59. The van der Waals surface area contributed by atoms with Crippen LogP contribution in [0.15, 0.2) is 9.59 Å². The number of nitrogens with one attached hydrogen (secondary N) is 3. The van der Waals surface area contributed by atoms with Crippen LogP contribution in [0.4, 0.5) is 20.2 Å². The molecule has 0 unspecified atom stereocenters. The highest BCUT2D eigenvalue weighted by molar-refractivity contribution is 7.12. The molecule has 11 heteroatoms. The maximum absolute atomic E-state index is 15.8. The molecular weight excluding hydrogens is 390 g/mol. The van der Waals surface area contributed by atoms with Gasteiger partial charge in [-0.15, -0.1) is 0 Å². The maximum Gasteiger partial charge on any atom is 0.271 e. The van der Waals surface area contributed by atoms with Crippen LogP contribution < -0.4 is 32.5 Å². The predicted octanol–water partition coefficient (Wildman–Crippen LogP) is 1.21. The lowest BCUT2D eigenvalue weighted by Gasteiger charge is -2.31. The largest absolute Gasteiger partial charge is 0.364 e. The van der Waals surface area contributed by atoms with Crippen molar-refractivity contribution in [3.63, 3.8) is 0 Å². The molecule has 2 aliphatic rings. The van der Waals surface area contributed by atoms with Crippen LogP contribution in [0, 0.1) is 11.6 Å². The molecule has 0 spiro atoms. The standard InChI is InChI=1S/C17H18F2N6O2S/c18-10-12(22-20)8-13(11(19)14(10)24-5-3-21-4-6-24)25(7-1-2-7)17-9(15(8)26)16(27)23-28-17/h7,21-22H,1-6,20H2,(H,23,27). The van der Waals surface area contributed by atoms with Crippen molar-refractivity contribution < 1.29 is 8.78 Å². The summed E-state index contributed by atoms with van der Waals surface area (Å²) in [7, 11) is 0. The third-order valence-electron chi connectivity index (χ3n) is 5.41. The third kappa shape index (κ3) is 2.33. The molecule has 1 aromatic carbocycles. The number of nitrogen functional groups attached to an aromatic ring is 1. The van der Waals surface area contributed by atoms with Gasteiger partial charge in [-0.1, -0.05) is 0 Å². The van der Waals surface area contributed by atoms with E-state index in [9.17, 15) is 9.59 Å². The van der Waals surface area contributed by atoms with Gasteiger partial charge in [-0.25, -0.2) is 8.78 Å². The maximum atomic E-state index is 15.8. The number of fused-ring (bicyclic) bond motifs is 2. The fourth-order valence-electron chi connectivity index (χ4n) is 3.99. The van der Waals surface area contributed by atoms with E-state index >= 15 is 8.78 Å². The molecule has 2 fully saturated rings. The highest BCUT2D eigenvalue weighted by Gasteiger charge is 2.34. The molecule has 28 heavy (non-hydrogen) atoms. The molecule has 5 N–H and O–H groups in total. The van der Waals surface area contributed by atoms with E-state index in [0.29, 0.717) is 31.0 Å². The van der Waals surface area contributed by atoms with Crippen LogP contribution in [0.1, 0.15) is 18.9 Å². The Labute approximate surface area is 161 Å². The number of hydrazine groups is 1. The van der Waals surface area contributed by atoms with E-state index in [4.69, 9.17) is 5.84 Å². The number of rotatable bonds is 3. The summed E-state index contributed by atoms with van der Waals surface area (Å²) in [5.74, 6) is 3.85. The van der Waals surface area contributed by atoms with Gasteiger partial charge < -0.3 is 20.2 Å². The van der Waals surface area contributed by atoms with Gasteiger partial charge in [0.05, 0.1) is 10.9 Å². The number of hydrogen-bond acceptors (Lipinski definition) is 7. The SMILES string of the molecule is NNc1c(F)c(N2CCNCC2)c(F)c2c1c(=O)c1c(=O)[nH]sc1n2C1CC1. The summed E-state index contributed by atoms with van der Waals surface area (Å²) in [5.41, 5.74) is 0.484. The Kier molecular flexibility index (Phi) is 3.93. The molecule has 0 bridgehead atoms. The summed E-state index contributed by atoms with van der Waals surface area (Å²) in [6, 6.07) is -0.0430. The van der Waals surface area contributed by atoms with Gasteiger partial charge in [-0.3, -0.25) is 19.8 Å². The Morgan fingerprint density at radius 1 is 1.11 bits per heavy atom. The second-order valence-electron chi connectivity index (χ2n) is 7.10. The monoisotopic (exact) mass is 408 g/mol. The van der Waals surface area contributed by atoms with Crippen LogP contribution in [-0.4, -0.2) is 35.1 Å². The van der Waals surface area contributed by atoms with Gasteiger partial charge in [0.2, 0.25) is 5.43 Å². The average Bonchev–Trinajstić information content (AvgIpc) is 3.46. The van der Waals surface area contributed by atoms with E-state index in [1.807, 2.05) is 0 Å². The second-order valence-corrected chi connectivity index (χ2v) is 7.90. The Balaban J connectivity index is 1.98. The zero-order valence-corrected chi connectivity index (χ0v) is 15.6. The fraction of sp³-hybridized carbons (Fsp3) is 0.412. The summed E-state index contributed by atoms with van der Waals surface area (Å²) in [4.78, 5) is 27.3. The third-order valence-corrected chi connectivity index (χ3v) is 6.30. The molecule has 148 valence electrons. The van der Waals surface area contributed by atoms with Gasteiger partial charge in [-0.05, 0) is 24.4 Å². The van der Waals surface area contributed by atoms with Gasteiger partial charge in [0, 0.05) is 32.2 Å². The number of pyridine rings is 1. The van der Waals surface area contributed by atoms with Crippen LogP contribution in [0.2, 0.25) is 0 Å². The summed E-state index contributed by atoms with van der Waals surface area (Å²) in [5, 5.41) is 2.83. The normalized spacial score (nSPS) is 17.6. The molecule has 2 aromatic heterocycles. The highest BCUT2D eigenvalue weighted by Crippen LogP contribution is 2.44. The molecule has 5 rings (SSSR count). The molecule has 0 amide bonds. The number of nitrogens with zero attached hydrogens (tertiary/aromatic N) is 2. The highest BCUT2D eigenvalue weighted by atomic mass is 32.1. The number of hydrogen-bond donors (Lipinski definition) is 4. The summed E-state index contributed by atoms with van der Waals surface area (Å²) >= 11 is 0.995. The second kappa shape index (κ2) is 6.26. The number of nitrogens with two attached hydrogens (primary N) is 1. The van der Waals surface area contributed by atoms with E-state index in [1.54, 1.807) is 9.47 Å². The number of halogens is 2. The minimum absolute atomic E-state index is 0.00173. The molecule has 1 aliphatic carbocycles. The van der Waals surface area contributed by atoms with E-state index in [2.05, 4.69) is 15.1 Å². The Bertz CT molecular complexity index is 1220. The lowest BCUT2D eigenvalue weighted by atomic mass is 10.1. The topological polar surface area (TPSA) is 108 Å². The minimum atomic E-state index is -0.917. The smallest absolute Gasteiger partial charge is 0.271 e. The van der Waals surface area contributed by atoms with E-state index in [-0.39, 0.29) is 33.7 Å². The Morgan fingerprint density at radius 3 is 2.46 bits per heavy atom. The molecule has 1 saturated carbocycles. The molecule has 0 atom stereocenters. The molecule has 0 radical (unpaired) electrons. The van der Waals surface area contributed by atoms with Crippen molar-refractivity contribution >= 4 is 44.0 Å². The summed E-state index contributed by atoms with van der Waals surface area (Å²) < 4.78 is 35.3. The molecule has 3 aromatic rings. The van der Waals surface area contributed by atoms with Crippen molar-refractivity contribution in [2.24, 2.45) is 5.84 Å². The zero-order chi connectivity index (χ0) is 19.6. The lowest BCUT2D eigenvalue weighted by molar-refractivity contribution is 0.540. The van der Waals surface area contributed by atoms with Crippen molar-refractivity contribution in [2.75, 3.05) is 36.5 Å². The minimum Gasteiger partial charge on any atom is -0.364 e. The van der Waals surface area contributed by atoms with Gasteiger partial charge in [0.1, 0.15) is 21.6 Å². The van der Waals surface area contributed by atoms with Crippen molar-refractivity contribution in [2.45, 2.75) is 18.9 Å². The first-order valence-corrected chi connectivity index (χ1v) is 9.88. The fourth-order valence-corrected chi connectivity index (χ4v) is 4.90. The van der Waals surface area contributed by atoms with Crippen LogP contribution >= 0.6 is 11.5 Å². The number of aromatic nitrogens is 2. The molecular formula is C17H18F2N6O2S. The molecule has 1 saturated heterocycles. The van der Waals surface area contributed by atoms with E-state index in [1.165, 1.54) is 0 Å². The quantitative estimate of drug-likeness (QED) is 0.383. The molecule has 3 heterocycles. The number of H-pyrrole nitrogens is 1. The van der Waals surface area contributed by atoms with Crippen LogP contribution in [-0.2, 0) is 0 Å². The van der Waals surface area contributed by atoms with Crippen molar-refractivity contribution in [3.8, 4) is 0 Å². The van der Waals surface area contributed by atoms with Gasteiger partial charge in [-0.2, -0.15) is 0 Å². The molecule has 1 aliphatic heterocycles. The van der Waals surface area contributed by atoms with Crippen LogP contribution in [0.3, 0.4) is 0 Å². The number of aromatic amines is 1. The van der Waals surface area contributed by atoms with E-state index < -0.39 is 22.6 Å². The first-order valence-electron chi connectivity index (χ1n) is 9.07. The van der Waals surface area contributed by atoms with Crippen molar-refractivity contribution in [1.82, 2.24) is 14.3 Å². The first kappa shape index (κ1) is 17.6. The van der Waals surface area contributed by atoms with Gasteiger partial charge >= 0.3 is 0 Å². The average molecular weight is 408 g/mol.